The van der Waals surface area contributed by atoms with Crippen molar-refractivity contribution in [2.75, 3.05) is 32.7 Å². The number of rotatable bonds is 6. The smallest absolute Gasteiger partial charge is 0.257 e. The second-order valence-electron chi connectivity index (χ2n) is 8.98. The number of carbonyl (C=O) groups is 1. The lowest BCUT2D eigenvalue weighted by Gasteiger charge is -2.40. The molecule has 2 saturated heterocycles. The molecule has 1 aromatic carbocycles. The van der Waals surface area contributed by atoms with Gasteiger partial charge in [-0.1, -0.05) is 37.3 Å². The van der Waals surface area contributed by atoms with Crippen LogP contribution in [0.2, 0.25) is 0 Å². The number of likely N-dealkylation sites (tertiary alicyclic amines) is 2. The van der Waals surface area contributed by atoms with Gasteiger partial charge in [0.25, 0.3) is 5.91 Å². The first-order valence-electron chi connectivity index (χ1n) is 11.2. The van der Waals surface area contributed by atoms with Crippen molar-refractivity contribution in [3.8, 4) is 0 Å². The van der Waals surface area contributed by atoms with Gasteiger partial charge >= 0.3 is 0 Å². The Bertz CT molecular complexity index is 831. The van der Waals surface area contributed by atoms with E-state index in [4.69, 9.17) is 0 Å². The maximum Gasteiger partial charge on any atom is 0.257 e. The quantitative estimate of drug-likeness (QED) is 0.749. The Morgan fingerprint density at radius 3 is 2.72 bits per heavy atom. The predicted octanol–water partition coefficient (Wildman–Crippen LogP) is 3.77. The van der Waals surface area contributed by atoms with Gasteiger partial charge in [-0.25, -0.2) is 0 Å². The van der Waals surface area contributed by atoms with Gasteiger partial charge in [-0.05, 0) is 51.1 Å². The largest absolute Gasteiger partial charge is 0.338 e. The van der Waals surface area contributed by atoms with Gasteiger partial charge in [-0.15, -0.1) is 0 Å². The molecular formula is C24H34N4O. The third-order valence-electron chi connectivity index (χ3n) is 6.66. The van der Waals surface area contributed by atoms with Crippen LogP contribution >= 0.6 is 0 Å². The molecule has 5 heteroatoms. The Hall–Kier alpha value is -2.14. The van der Waals surface area contributed by atoms with Gasteiger partial charge in [-0.2, -0.15) is 5.10 Å². The van der Waals surface area contributed by atoms with Gasteiger partial charge in [0, 0.05) is 44.3 Å². The van der Waals surface area contributed by atoms with Crippen LogP contribution in [0.1, 0.15) is 54.2 Å². The fraction of sp³-hybridized carbons (Fsp3) is 0.583. The molecule has 0 bridgehead atoms. The Morgan fingerprint density at radius 1 is 1.10 bits per heavy atom. The molecule has 156 valence electrons. The summed E-state index contributed by atoms with van der Waals surface area (Å²) >= 11 is 0. The number of aromatic nitrogens is 2. The van der Waals surface area contributed by atoms with Crippen LogP contribution in [0.15, 0.2) is 36.5 Å². The molecule has 29 heavy (non-hydrogen) atoms. The monoisotopic (exact) mass is 394 g/mol. The summed E-state index contributed by atoms with van der Waals surface area (Å²) in [6, 6.07) is 10.8. The lowest BCUT2D eigenvalue weighted by atomic mass is 9.79. The summed E-state index contributed by atoms with van der Waals surface area (Å²) in [5.41, 5.74) is 3.33. The van der Waals surface area contributed by atoms with E-state index >= 15 is 0 Å². The Labute approximate surface area is 174 Å². The maximum absolute atomic E-state index is 13.2. The molecule has 2 aromatic rings. The minimum absolute atomic E-state index is 0.170. The first-order valence-corrected chi connectivity index (χ1v) is 11.2. The van der Waals surface area contributed by atoms with E-state index < -0.39 is 0 Å². The number of hydrogen-bond donors (Lipinski definition) is 0. The van der Waals surface area contributed by atoms with E-state index in [0.29, 0.717) is 0 Å². The molecule has 2 aliphatic heterocycles. The van der Waals surface area contributed by atoms with E-state index in [1.807, 2.05) is 17.8 Å². The molecule has 0 unspecified atom stereocenters. The third kappa shape index (κ3) is 4.55. The van der Waals surface area contributed by atoms with Crippen molar-refractivity contribution in [3.05, 3.63) is 53.3 Å². The van der Waals surface area contributed by atoms with Gasteiger partial charge in [0.15, 0.2) is 0 Å². The summed E-state index contributed by atoms with van der Waals surface area (Å²) in [4.78, 5) is 17.9. The lowest BCUT2D eigenvalue weighted by Crippen LogP contribution is -2.46. The van der Waals surface area contributed by atoms with Crippen molar-refractivity contribution >= 4 is 5.91 Å². The Balaban J connectivity index is 1.37. The van der Waals surface area contributed by atoms with Crippen molar-refractivity contribution in [1.29, 1.82) is 0 Å². The molecule has 0 saturated carbocycles. The van der Waals surface area contributed by atoms with E-state index in [-0.39, 0.29) is 11.3 Å². The van der Waals surface area contributed by atoms with E-state index in [0.717, 1.165) is 63.2 Å². The number of benzene rings is 1. The highest BCUT2D eigenvalue weighted by Crippen LogP contribution is 2.39. The summed E-state index contributed by atoms with van der Waals surface area (Å²) in [7, 11) is 0. The average molecular weight is 395 g/mol. The van der Waals surface area contributed by atoms with Crippen LogP contribution < -0.4 is 0 Å². The van der Waals surface area contributed by atoms with Crippen LogP contribution in [-0.2, 0) is 13.0 Å². The number of carbonyl (C=O) groups excluding carboxylic acids is 1. The van der Waals surface area contributed by atoms with Crippen LogP contribution in [0.5, 0.6) is 0 Å². The van der Waals surface area contributed by atoms with Crippen molar-refractivity contribution in [2.24, 2.45) is 5.41 Å². The van der Waals surface area contributed by atoms with Crippen molar-refractivity contribution < 1.29 is 4.79 Å². The number of amides is 1. The van der Waals surface area contributed by atoms with Gasteiger partial charge in [0.1, 0.15) is 0 Å². The van der Waals surface area contributed by atoms with Crippen molar-refractivity contribution in [2.45, 2.75) is 52.5 Å². The zero-order valence-corrected chi connectivity index (χ0v) is 17.9. The van der Waals surface area contributed by atoms with Crippen LogP contribution in [-0.4, -0.2) is 58.2 Å². The number of aryl methyl sites for hydroxylation is 2. The third-order valence-corrected chi connectivity index (χ3v) is 6.66. The summed E-state index contributed by atoms with van der Waals surface area (Å²) in [6.45, 7) is 10.2. The van der Waals surface area contributed by atoms with E-state index in [1.165, 1.54) is 24.9 Å². The second kappa shape index (κ2) is 8.70. The number of piperidine rings is 1. The topological polar surface area (TPSA) is 41.4 Å². The zero-order valence-electron chi connectivity index (χ0n) is 17.9. The summed E-state index contributed by atoms with van der Waals surface area (Å²) in [5.74, 6) is 0.170. The van der Waals surface area contributed by atoms with Gasteiger partial charge in [0.05, 0.1) is 11.3 Å². The van der Waals surface area contributed by atoms with Gasteiger partial charge in [0.2, 0.25) is 0 Å². The predicted molar refractivity (Wildman–Crippen MR) is 116 cm³/mol. The Morgan fingerprint density at radius 2 is 1.93 bits per heavy atom. The highest BCUT2D eigenvalue weighted by molar-refractivity contribution is 5.95. The van der Waals surface area contributed by atoms with Crippen molar-refractivity contribution in [3.63, 3.8) is 0 Å². The van der Waals surface area contributed by atoms with Crippen molar-refractivity contribution in [1.82, 2.24) is 19.6 Å². The SMILES string of the molecule is CCCn1cc(C(=O)N2CC[C@@]3(CCCN(CCc4ccccc4)C3)C2)c(C)n1. The molecule has 5 nitrogen and oxygen atoms in total. The molecule has 3 heterocycles. The fourth-order valence-corrected chi connectivity index (χ4v) is 5.12. The molecule has 1 spiro atoms. The molecule has 0 N–H and O–H groups in total. The number of nitrogens with zero attached hydrogens (tertiary/aromatic N) is 4. The minimum Gasteiger partial charge on any atom is -0.338 e. The summed E-state index contributed by atoms with van der Waals surface area (Å²) in [6.07, 6.45) is 7.69. The average Bonchev–Trinajstić information content (AvgIpc) is 3.30. The lowest BCUT2D eigenvalue weighted by molar-refractivity contribution is 0.0691. The zero-order chi connectivity index (χ0) is 20.3. The molecule has 0 aliphatic carbocycles. The van der Waals surface area contributed by atoms with E-state index in [1.54, 1.807) is 0 Å². The van der Waals surface area contributed by atoms with Crippen LogP contribution in [0.25, 0.3) is 0 Å². The molecule has 0 radical (unpaired) electrons. The van der Waals surface area contributed by atoms with E-state index in [2.05, 4.69) is 52.2 Å². The van der Waals surface area contributed by atoms with Gasteiger partial charge < -0.3 is 9.80 Å². The summed E-state index contributed by atoms with van der Waals surface area (Å²) in [5, 5.41) is 4.52. The maximum atomic E-state index is 13.2. The van der Waals surface area contributed by atoms with E-state index in [9.17, 15) is 4.79 Å². The Kier molecular flexibility index (Phi) is 6.04. The van der Waals surface area contributed by atoms with Gasteiger partial charge in [-0.3, -0.25) is 9.48 Å². The van der Waals surface area contributed by atoms with Crippen LogP contribution in [0, 0.1) is 12.3 Å². The minimum atomic E-state index is 0.170. The molecule has 4 rings (SSSR count). The van der Waals surface area contributed by atoms with Crippen LogP contribution in [0.3, 0.4) is 0 Å². The normalized spacial score (nSPS) is 22.5. The fourth-order valence-electron chi connectivity index (χ4n) is 5.12. The first-order chi connectivity index (χ1) is 14.1. The molecule has 2 aliphatic rings. The number of hydrogen-bond acceptors (Lipinski definition) is 3. The first kappa shape index (κ1) is 20.1. The molecule has 1 atom stereocenters. The standard InChI is InChI=1S/C24H34N4O/c1-3-13-28-17-22(20(2)25-28)23(29)27-16-12-24(19-27)11-7-14-26(18-24)15-10-21-8-5-4-6-9-21/h4-6,8-9,17H,3,7,10-16,18-19H2,1-2H3/t24-/m1/s1. The second-order valence-corrected chi connectivity index (χ2v) is 8.98. The van der Waals surface area contributed by atoms with Crippen LogP contribution in [0.4, 0.5) is 0 Å². The molecule has 2 fully saturated rings. The highest BCUT2D eigenvalue weighted by Gasteiger charge is 2.43. The highest BCUT2D eigenvalue weighted by atomic mass is 16.2. The summed E-state index contributed by atoms with van der Waals surface area (Å²) < 4.78 is 1.92. The molecule has 1 aromatic heterocycles. The molecule has 1 amide bonds. The molecular weight excluding hydrogens is 360 g/mol.